The summed E-state index contributed by atoms with van der Waals surface area (Å²) in [4.78, 5) is 0. The van der Waals surface area contributed by atoms with Crippen LogP contribution in [0, 0.1) is 5.41 Å². The van der Waals surface area contributed by atoms with Gasteiger partial charge in [0, 0.05) is 18.0 Å². The third-order valence-corrected chi connectivity index (χ3v) is 3.21. The Morgan fingerprint density at radius 3 is 2.93 bits per heavy atom. The smallest absolute Gasteiger partial charge is 0.177 e. The molecule has 0 aliphatic carbocycles. The zero-order chi connectivity index (χ0) is 10.4. The first-order chi connectivity index (χ1) is 6.74. The number of amidine groups is 1. The molecule has 0 radical (unpaired) electrons. The molecule has 0 unspecified atom stereocenters. The van der Waals surface area contributed by atoms with Gasteiger partial charge in [0.05, 0.1) is 0 Å². The lowest BCUT2D eigenvalue weighted by molar-refractivity contribution is 0.426. The molecule has 1 heterocycles. The van der Waals surface area contributed by atoms with Crippen LogP contribution in [0.2, 0.25) is 0 Å². The Morgan fingerprint density at radius 1 is 1.43 bits per heavy atom. The molecular weight excluding hydrogens is 194 g/mol. The molecule has 1 N–H and O–H groups in total. The van der Waals surface area contributed by atoms with Crippen molar-refractivity contribution in [2.75, 3.05) is 12.3 Å². The summed E-state index contributed by atoms with van der Waals surface area (Å²) >= 11 is 1.58. The van der Waals surface area contributed by atoms with Gasteiger partial charge in [-0.05, 0) is 13.3 Å². The van der Waals surface area contributed by atoms with Crippen molar-refractivity contribution in [2.45, 2.75) is 39.5 Å². The van der Waals surface area contributed by atoms with E-state index in [1.807, 2.05) is 11.9 Å². The van der Waals surface area contributed by atoms with Gasteiger partial charge < -0.3 is 0 Å². The standard InChI is InChI=1S/C10H19N3S/c1-3-4-5-6-7-13-10(11)14-8-9(2)12-13/h11H,3-8H2,1-2H3. The molecule has 3 nitrogen and oxygen atoms in total. The maximum absolute atomic E-state index is 7.70. The second-order valence-corrected chi connectivity index (χ2v) is 4.58. The first kappa shape index (κ1) is 11.6. The average molecular weight is 213 g/mol. The van der Waals surface area contributed by atoms with E-state index < -0.39 is 0 Å². The van der Waals surface area contributed by atoms with Crippen LogP contribution in [0.15, 0.2) is 5.10 Å². The third kappa shape index (κ3) is 3.70. The normalized spacial score (nSPS) is 17.1. The summed E-state index contributed by atoms with van der Waals surface area (Å²) in [6, 6.07) is 0. The van der Waals surface area contributed by atoms with Crippen LogP contribution in [0.5, 0.6) is 0 Å². The van der Waals surface area contributed by atoms with E-state index in [-0.39, 0.29) is 0 Å². The van der Waals surface area contributed by atoms with Gasteiger partial charge in [-0.15, -0.1) is 0 Å². The molecule has 0 spiro atoms. The minimum atomic E-state index is 0.604. The van der Waals surface area contributed by atoms with Crippen LogP contribution in [0.3, 0.4) is 0 Å². The summed E-state index contributed by atoms with van der Waals surface area (Å²) in [6.07, 6.45) is 4.94. The first-order valence-electron chi connectivity index (χ1n) is 5.27. The maximum Gasteiger partial charge on any atom is 0.177 e. The number of nitrogens with one attached hydrogen (secondary N) is 1. The summed E-state index contributed by atoms with van der Waals surface area (Å²) < 4.78 is 0. The fraction of sp³-hybridized carbons (Fsp3) is 0.800. The molecule has 0 amide bonds. The van der Waals surface area contributed by atoms with Crippen molar-refractivity contribution in [1.82, 2.24) is 5.01 Å². The van der Waals surface area contributed by atoms with Crippen molar-refractivity contribution in [3.05, 3.63) is 0 Å². The fourth-order valence-electron chi connectivity index (χ4n) is 1.37. The molecule has 4 heteroatoms. The largest absolute Gasteiger partial charge is 0.277 e. The molecule has 0 saturated carbocycles. The van der Waals surface area contributed by atoms with Gasteiger partial charge in [0.2, 0.25) is 0 Å². The van der Waals surface area contributed by atoms with E-state index in [4.69, 9.17) is 5.41 Å². The number of nitrogens with zero attached hydrogens (tertiary/aromatic N) is 2. The number of rotatable bonds is 5. The first-order valence-corrected chi connectivity index (χ1v) is 6.25. The van der Waals surface area contributed by atoms with E-state index in [2.05, 4.69) is 12.0 Å². The van der Waals surface area contributed by atoms with Crippen molar-refractivity contribution >= 4 is 22.6 Å². The number of hydrogen-bond donors (Lipinski definition) is 1. The third-order valence-electron chi connectivity index (χ3n) is 2.17. The zero-order valence-electron chi connectivity index (χ0n) is 9.05. The van der Waals surface area contributed by atoms with Crippen LogP contribution < -0.4 is 0 Å². The minimum absolute atomic E-state index is 0.604. The second kappa shape index (κ2) is 6.06. The van der Waals surface area contributed by atoms with Gasteiger partial charge in [0.25, 0.3) is 0 Å². The molecule has 80 valence electrons. The average Bonchev–Trinajstić information content (AvgIpc) is 2.18. The molecule has 0 aromatic carbocycles. The lowest BCUT2D eigenvalue weighted by Crippen LogP contribution is -2.29. The summed E-state index contributed by atoms with van der Waals surface area (Å²) in [5.74, 6) is 0.879. The van der Waals surface area contributed by atoms with Crippen molar-refractivity contribution in [1.29, 1.82) is 5.41 Å². The molecule has 14 heavy (non-hydrogen) atoms. The lowest BCUT2D eigenvalue weighted by Gasteiger charge is -2.23. The number of hydrogen-bond acceptors (Lipinski definition) is 3. The number of hydrazone groups is 1. The molecule has 0 saturated heterocycles. The summed E-state index contributed by atoms with van der Waals surface area (Å²) in [6.45, 7) is 5.14. The molecule has 0 fully saturated rings. The molecule has 0 aromatic heterocycles. The highest BCUT2D eigenvalue weighted by molar-refractivity contribution is 8.14. The molecule has 0 atom stereocenters. The molecule has 1 aliphatic heterocycles. The highest BCUT2D eigenvalue weighted by atomic mass is 32.2. The van der Waals surface area contributed by atoms with Crippen molar-refractivity contribution in [2.24, 2.45) is 5.10 Å². The molecule has 1 aliphatic rings. The lowest BCUT2D eigenvalue weighted by atomic mass is 10.2. The fourth-order valence-corrected chi connectivity index (χ4v) is 2.05. The second-order valence-electron chi connectivity index (χ2n) is 3.61. The Kier molecular flexibility index (Phi) is 5.01. The van der Waals surface area contributed by atoms with Crippen LogP contribution in [-0.2, 0) is 0 Å². The van der Waals surface area contributed by atoms with Gasteiger partial charge in [-0.25, -0.2) is 5.01 Å². The Balaban J connectivity index is 2.28. The molecule has 0 bridgehead atoms. The van der Waals surface area contributed by atoms with Gasteiger partial charge in [-0.3, -0.25) is 5.41 Å². The zero-order valence-corrected chi connectivity index (χ0v) is 9.86. The van der Waals surface area contributed by atoms with Crippen LogP contribution in [0.25, 0.3) is 0 Å². The van der Waals surface area contributed by atoms with Gasteiger partial charge in [0.15, 0.2) is 5.17 Å². The molecule has 1 rings (SSSR count). The molecular formula is C10H19N3S. The van der Waals surface area contributed by atoms with Crippen LogP contribution in [0.1, 0.15) is 39.5 Å². The van der Waals surface area contributed by atoms with E-state index >= 15 is 0 Å². The highest BCUT2D eigenvalue weighted by Crippen LogP contribution is 2.15. The van der Waals surface area contributed by atoms with Gasteiger partial charge >= 0.3 is 0 Å². The van der Waals surface area contributed by atoms with E-state index in [1.54, 1.807) is 11.8 Å². The Labute approximate surface area is 90.5 Å². The Bertz CT molecular complexity index is 225. The number of thioether (sulfide) groups is 1. The SMILES string of the molecule is CCCCCCN1N=C(C)CSC1=N. The van der Waals surface area contributed by atoms with Crippen LogP contribution in [0.4, 0.5) is 0 Å². The quantitative estimate of drug-likeness (QED) is 0.713. The van der Waals surface area contributed by atoms with Gasteiger partial charge in [-0.1, -0.05) is 37.9 Å². The minimum Gasteiger partial charge on any atom is -0.277 e. The van der Waals surface area contributed by atoms with E-state index in [0.29, 0.717) is 5.17 Å². The maximum atomic E-state index is 7.70. The molecule has 0 aromatic rings. The van der Waals surface area contributed by atoms with Gasteiger partial charge in [0.1, 0.15) is 0 Å². The van der Waals surface area contributed by atoms with Crippen LogP contribution >= 0.6 is 11.8 Å². The number of unbranched alkanes of at least 4 members (excludes halogenated alkanes) is 3. The summed E-state index contributed by atoms with van der Waals surface area (Å²) in [5, 5.41) is 14.5. The highest BCUT2D eigenvalue weighted by Gasteiger charge is 2.14. The Hall–Kier alpha value is -0.510. The van der Waals surface area contributed by atoms with Crippen molar-refractivity contribution < 1.29 is 0 Å². The Morgan fingerprint density at radius 2 is 2.21 bits per heavy atom. The van der Waals surface area contributed by atoms with E-state index in [1.165, 1.54) is 19.3 Å². The summed E-state index contributed by atoms with van der Waals surface area (Å²) in [7, 11) is 0. The monoisotopic (exact) mass is 213 g/mol. The predicted molar refractivity (Wildman–Crippen MR) is 64.1 cm³/mol. The topological polar surface area (TPSA) is 39.5 Å². The van der Waals surface area contributed by atoms with Crippen molar-refractivity contribution in [3.8, 4) is 0 Å². The van der Waals surface area contributed by atoms with E-state index in [9.17, 15) is 0 Å². The van der Waals surface area contributed by atoms with Gasteiger partial charge in [-0.2, -0.15) is 5.10 Å². The van der Waals surface area contributed by atoms with Crippen LogP contribution in [-0.4, -0.2) is 28.2 Å². The van der Waals surface area contributed by atoms with Crippen molar-refractivity contribution in [3.63, 3.8) is 0 Å². The predicted octanol–water partition coefficient (Wildman–Crippen LogP) is 2.93. The summed E-state index contributed by atoms with van der Waals surface area (Å²) in [5.41, 5.74) is 1.13. The van der Waals surface area contributed by atoms with E-state index in [0.717, 1.165) is 24.4 Å².